The first-order valence-electron chi connectivity index (χ1n) is 8.69. The van der Waals surface area contributed by atoms with Crippen molar-refractivity contribution in [3.63, 3.8) is 0 Å². The molecule has 0 bridgehead atoms. The highest BCUT2D eigenvalue weighted by Gasteiger charge is 2.34. The van der Waals surface area contributed by atoms with Crippen LogP contribution in [-0.4, -0.2) is 16.7 Å². The van der Waals surface area contributed by atoms with Gasteiger partial charge in [0.25, 0.3) is 0 Å². The molecule has 0 radical (unpaired) electrons. The van der Waals surface area contributed by atoms with Crippen LogP contribution in [0.15, 0.2) is 78.9 Å². The number of carbonyl (C=O) groups excluding carboxylic acids is 2. The van der Waals surface area contributed by atoms with E-state index in [0.29, 0.717) is 11.1 Å². The summed E-state index contributed by atoms with van der Waals surface area (Å²) in [6.07, 6.45) is 0. The fourth-order valence-electron chi connectivity index (χ4n) is 3.88. The maximum Gasteiger partial charge on any atom is 0.237 e. The van der Waals surface area contributed by atoms with Crippen LogP contribution >= 0.6 is 0 Å². The van der Waals surface area contributed by atoms with Gasteiger partial charge in [-0.2, -0.15) is 0 Å². The third-order valence-corrected chi connectivity index (χ3v) is 5.12. The number of carbonyl (C=O) groups is 2. The Hall–Kier alpha value is -3.72. The highest BCUT2D eigenvalue weighted by atomic mass is 16.3. The Morgan fingerprint density at radius 2 is 1.11 bits per heavy atom. The van der Waals surface area contributed by atoms with Crippen molar-refractivity contribution >= 4 is 44.4 Å². The molecular weight excluding hydrogens is 336 g/mol. The number of rotatable bonds is 1. The molecule has 0 saturated carbocycles. The van der Waals surface area contributed by atoms with Crippen LogP contribution in [0.5, 0.6) is 0 Å². The van der Waals surface area contributed by atoms with Crippen molar-refractivity contribution in [1.82, 2.24) is 0 Å². The molecule has 0 amide bonds. The number of Topliss-reactive ketones (excluding diaryl/α,β-unsaturated/α-hetero) is 2. The van der Waals surface area contributed by atoms with Gasteiger partial charge in [-0.05, 0) is 27.6 Å². The largest absolute Gasteiger partial charge is 0.506 e. The smallest absolute Gasteiger partial charge is 0.237 e. The molecule has 128 valence electrons. The van der Waals surface area contributed by atoms with Crippen LogP contribution in [-0.2, 0) is 4.79 Å². The van der Waals surface area contributed by atoms with Crippen LogP contribution < -0.4 is 0 Å². The Morgan fingerprint density at radius 1 is 0.593 bits per heavy atom. The first-order chi connectivity index (χ1) is 13.2. The van der Waals surface area contributed by atoms with Crippen LogP contribution in [0.3, 0.4) is 0 Å². The lowest BCUT2D eigenvalue weighted by Crippen LogP contribution is -2.23. The zero-order valence-corrected chi connectivity index (χ0v) is 14.3. The first-order valence-corrected chi connectivity index (χ1v) is 8.69. The van der Waals surface area contributed by atoms with Gasteiger partial charge in [0.2, 0.25) is 11.6 Å². The van der Waals surface area contributed by atoms with Crippen molar-refractivity contribution in [1.29, 1.82) is 0 Å². The lowest BCUT2D eigenvalue weighted by atomic mass is 9.82. The topological polar surface area (TPSA) is 54.4 Å². The molecule has 1 aliphatic carbocycles. The molecule has 4 aromatic rings. The zero-order valence-electron chi connectivity index (χ0n) is 14.3. The molecule has 0 aromatic heterocycles. The molecule has 0 saturated heterocycles. The third kappa shape index (κ3) is 2.15. The summed E-state index contributed by atoms with van der Waals surface area (Å²) in [6, 6.07) is 24.1. The molecule has 4 aromatic carbocycles. The molecule has 1 aliphatic rings. The van der Waals surface area contributed by atoms with Gasteiger partial charge in [0, 0.05) is 16.7 Å². The predicted molar refractivity (Wildman–Crippen MR) is 107 cm³/mol. The number of allylic oxidation sites excluding steroid dienone is 1. The monoisotopic (exact) mass is 350 g/mol. The van der Waals surface area contributed by atoms with Crippen LogP contribution in [0.1, 0.15) is 21.5 Å². The predicted octanol–water partition coefficient (Wildman–Crippen LogP) is 5.18. The van der Waals surface area contributed by atoms with Gasteiger partial charge in [-0.15, -0.1) is 0 Å². The number of aliphatic hydroxyl groups is 1. The maximum absolute atomic E-state index is 13.0. The number of hydrogen-bond acceptors (Lipinski definition) is 3. The minimum atomic E-state index is -0.673. The van der Waals surface area contributed by atoms with Crippen LogP contribution in [0, 0.1) is 0 Å². The van der Waals surface area contributed by atoms with E-state index in [9.17, 15) is 14.7 Å². The lowest BCUT2D eigenvalue weighted by Gasteiger charge is -2.20. The van der Waals surface area contributed by atoms with E-state index >= 15 is 0 Å². The molecule has 0 spiro atoms. The SMILES string of the molecule is O=C1C(=O)c2ccccc2C(O)=C1c1c2ccccc2cc2ccccc12. The van der Waals surface area contributed by atoms with Gasteiger partial charge in [-0.25, -0.2) is 0 Å². The van der Waals surface area contributed by atoms with Crippen LogP contribution in [0.25, 0.3) is 32.9 Å². The van der Waals surface area contributed by atoms with E-state index in [0.717, 1.165) is 21.5 Å². The molecule has 0 fully saturated rings. The van der Waals surface area contributed by atoms with Crippen LogP contribution in [0.2, 0.25) is 0 Å². The van der Waals surface area contributed by atoms with Crippen molar-refractivity contribution < 1.29 is 14.7 Å². The second-order valence-electron chi connectivity index (χ2n) is 6.62. The molecule has 3 heteroatoms. The summed E-state index contributed by atoms with van der Waals surface area (Å²) in [6.45, 7) is 0. The quantitative estimate of drug-likeness (QED) is 0.380. The number of benzene rings is 4. The Morgan fingerprint density at radius 3 is 1.74 bits per heavy atom. The van der Waals surface area contributed by atoms with Crippen molar-refractivity contribution in [2.45, 2.75) is 0 Å². The van der Waals surface area contributed by atoms with Gasteiger partial charge in [-0.3, -0.25) is 9.59 Å². The van der Waals surface area contributed by atoms with Gasteiger partial charge in [-0.1, -0.05) is 72.8 Å². The van der Waals surface area contributed by atoms with E-state index < -0.39 is 11.6 Å². The molecule has 0 atom stereocenters. The fourth-order valence-corrected chi connectivity index (χ4v) is 3.88. The Bertz CT molecular complexity index is 1260. The van der Waals surface area contributed by atoms with Crippen LogP contribution in [0.4, 0.5) is 0 Å². The normalized spacial score (nSPS) is 14.1. The van der Waals surface area contributed by atoms with Gasteiger partial charge in [0.15, 0.2) is 0 Å². The fraction of sp³-hybridized carbons (Fsp3) is 0. The minimum absolute atomic E-state index is 0.0756. The summed E-state index contributed by atoms with van der Waals surface area (Å²) >= 11 is 0. The third-order valence-electron chi connectivity index (χ3n) is 5.12. The van der Waals surface area contributed by atoms with E-state index in [1.54, 1.807) is 24.3 Å². The van der Waals surface area contributed by atoms with E-state index in [1.807, 2.05) is 48.5 Å². The van der Waals surface area contributed by atoms with E-state index in [-0.39, 0.29) is 16.9 Å². The summed E-state index contributed by atoms with van der Waals surface area (Å²) in [5.74, 6) is -1.40. The molecule has 3 nitrogen and oxygen atoms in total. The summed E-state index contributed by atoms with van der Waals surface area (Å²) in [5, 5.41) is 14.6. The van der Waals surface area contributed by atoms with E-state index in [2.05, 4.69) is 6.07 Å². The first kappa shape index (κ1) is 15.5. The summed E-state index contributed by atoms with van der Waals surface area (Å²) in [5.41, 5.74) is 1.32. The summed E-state index contributed by atoms with van der Waals surface area (Å²) < 4.78 is 0. The second kappa shape index (κ2) is 5.64. The Balaban J connectivity index is 1.98. The number of fused-ring (bicyclic) bond motifs is 3. The molecule has 0 heterocycles. The average molecular weight is 350 g/mol. The molecular formula is C24H14O3. The minimum Gasteiger partial charge on any atom is -0.506 e. The van der Waals surface area contributed by atoms with E-state index in [1.165, 1.54) is 0 Å². The Kier molecular flexibility index (Phi) is 3.25. The van der Waals surface area contributed by atoms with Crippen molar-refractivity contribution in [3.8, 4) is 0 Å². The highest BCUT2D eigenvalue weighted by Crippen LogP contribution is 2.40. The molecule has 0 aliphatic heterocycles. The average Bonchev–Trinajstić information content (AvgIpc) is 2.71. The number of aliphatic hydroxyl groups excluding tert-OH is 1. The zero-order chi connectivity index (χ0) is 18.5. The molecule has 1 N–H and O–H groups in total. The molecule has 27 heavy (non-hydrogen) atoms. The van der Waals surface area contributed by atoms with Gasteiger partial charge >= 0.3 is 0 Å². The Labute approximate surface area is 155 Å². The summed E-state index contributed by atoms with van der Waals surface area (Å²) in [7, 11) is 0. The molecule has 0 unspecified atom stereocenters. The van der Waals surface area contributed by atoms with Gasteiger partial charge in [0.1, 0.15) is 5.76 Å². The van der Waals surface area contributed by atoms with Crippen molar-refractivity contribution in [2.75, 3.05) is 0 Å². The van der Waals surface area contributed by atoms with E-state index in [4.69, 9.17) is 0 Å². The lowest BCUT2D eigenvalue weighted by molar-refractivity contribution is -0.110. The van der Waals surface area contributed by atoms with Gasteiger partial charge < -0.3 is 5.11 Å². The second-order valence-corrected chi connectivity index (χ2v) is 6.62. The standard InChI is InChI=1S/C24H14O3/c25-22-18-11-5-6-12-19(18)23(26)24(27)21(22)20-16-9-3-1-7-14(16)13-15-8-2-4-10-17(15)20/h1-13,25H. The number of ketones is 2. The number of hydrogen-bond donors (Lipinski definition) is 1. The molecule has 5 rings (SSSR count). The summed E-state index contributed by atoms with van der Waals surface area (Å²) in [4.78, 5) is 25.7. The maximum atomic E-state index is 13.0. The van der Waals surface area contributed by atoms with Gasteiger partial charge in [0.05, 0.1) is 5.57 Å². The van der Waals surface area contributed by atoms with Crippen molar-refractivity contribution in [2.24, 2.45) is 0 Å². The highest BCUT2D eigenvalue weighted by molar-refractivity contribution is 6.63. The van der Waals surface area contributed by atoms with Crippen molar-refractivity contribution in [3.05, 3.63) is 95.6 Å².